The molecule has 3 heterocycles. The van der Waals surface area contributed by atoms with E-state index in [1.165, 1.54) is 11.8 Å². The molecule has 1 aliphatic heterocycles. The van der Waals surface area contributed by atoms with Crippen LogP contribution in [0.3, 0.4) is 0 Å². The molecular formula is C15H17N3O2. The molecule has 0 radical (unpaired) electrons. The number of hydrogen-bond donors (Lipinski definition) is 0. The Labute approximate surface area is 117 Å². The van der Waals surface area contributed by atoms with Crippen LogP contribution in [0.5, 0.6) is 0 Å². The van der Waals surface area contributed by atoms with Gasteiger partial charge in [0.05, 0.1) is 0 Å². The first-order valence-electron chi connectivity index (χ1n) is 6.85. The lowest BCUT2D eigenvalue weighted by atomic mass is 9.91. The lowest BCUT2D eigenvalue weighted by Gasteiger charge is -2.32. The molecule has 1 fully saturated rings. The van der Waals surface area contributed by atoms with Crippen molar-refractivity contribution in [3.8, 4) is 0 Å². The van der Waals surface area contributed by atoms with Crippen molar-refractivity contribution in [2.24, 2.45) is 0 Å². The zero-order chi connectivity index (χ0) is 13.9. The number of hydrogen-bond acceptors (Lipinski definition) is 4. The van der Waals surface area contributed by atoms with Gasteiger partial charge in [-0.05, 0) is 30.5 Å². The van der Waals surface area contributed by atoms with E-state index >= 15 is 0 Å². The Morgan fingerprint density at radius 2 is 2.20 bits per heavy atom. The lowest BCUT2D eigenvalue weighted by molar-refractivity contribution is 0.0701. The van der Waals surface area contributed by atoms with Crippen molar-refractivity contribution < 1.29 is 9.21 Å². The second-order valence-electron chi connectivity index (χ2n) is 5.12. The number of aromatic nitrogens is 2. The molecule has 3 rings (SSSR count). The summed E-state index contributed by atoms with van der Waals surface area (Å²) in [7, 11) is 0. The van der Waals surface area contributed by atoms with Gasteiger partial charge in [0.2, 0.25) is 0 Å². The molecule has 5 heteroatoms. The van der Waals surface area contributed by atoms with Gasteiger partial charge < -0.3 is 9.32 Å². The number of amides is 1. The van der Waals surface area contributed by atoms with Gasteiger partial charge in [0.25, 0.3) is 5.91 Å². The number of aryl methyl sites for hydroxylation is 1. The minimum absolute atomic E-state index is 0.0411. The van der Waals surface area contributed by atoms with Crippen LogP contribution in [0, 0.1) is 6.92 Å². The van der Waals surface area contributed by atoms with Gasteiger partial charge in [0, 0.05) is 38.3 Å². The predicted octanol–water partition coefficient (Wildman–Crippen LogP) is 2.40. The largest absolute Gasteiger partial charge is 0.448 e. The Balaban J connectivity index is 1.74. The molecule has 0 unspecified atom stereocenters. The van der Waals surface area contributed by atoms with Crippen molar-refractivity contribution in [1.29, 1.82) is 0 Å². The summed E-state index contributed by atoms with van der Waals surface area (Å²) >= 11 is 0. The number of nitrogens with zero attached hydrogens (tertiary/aromatic N) is 3. The minimum atomic E-state index is -0.0411. The van der Waals surface area contributed by atoms with Crippen LogP contribution in [0.1, 0.15) is 40.7 Å². The lowest BCUT2D eigenvalue weighted by Crippen LogP contribution is -2.39. The Morgan fingerprint density at radius 3 is 2.90 bits per heavy atom. The van der Waals surface area contributed by atoms with Crippen molar-refractivity contribution >= 4 is 5.91 Å². The fraction of sp³-hybridized carbons (Fsp3) is 0.400. The van der Waals surface area contributed by atoms with Gasteiger partial charge in [-0.15, -0.1) is 0 Å². The molecule has 1 amide bonds. The molecule has 104 valence electrons. The monoisotopic (exact) mass is 271 g/mol. The first-order chi connectivity index (χ1) is 9.74. The number of carbonyl (C=O) groups excluding carboxylic acids is 1. The summed E-state index contributed by atoms with van der Waals surface area (Å²) < 4.78 is 5.12. The maximum atomic E-state index is 12.4. The number of oxazole rings is 1. The summed E-state index contributed by atoms with van der Waals surface area (Å²) in [6.07, 6.45) is 7.16. The van der Waals surface area contributed by atoms with E-state index in [0.29, 0.717) is 17.5 Å². The third-order valence-corrected chi connectivity index (χ3v) is 3.72. The van der Waals surface area contributed by atoms with E-state index in [4.69, 9.17) is 4.42 Å². The number of piperidine rings is 1. The highest BCUT2D eigenvalue weighted by atomic mass is 16.3. The number of pyridine rings is 1. The smallest absolute Gasteiger partial charge is 0.275 e. The summed E-state index contributed by atoms with van der Waals surface area (Å²) in [5.74, 6) is 0.861. The van der Waals surface area contributed by atoms with Crippen LogP contribution in [0.25, 0.3) is 0 Å². The van der Waals surface area contributed by atoms with Crippen LogP contribution in [0.4, 0.5) is 0 Å². The molecule has 1 atom stereocenters. The van der Waals surface area contributed by atoms with Crippen molar-refractivity contribution in [1.82, 2.24) is 14.9 Å². The molecule has 0 aliphatic carbocycles. The molecule has 0 N–H and O–H groups in total. The van der Waals surface area contributed by atoms with Crippen LogP contribution >= 0.6 is 0 Å². The predicted molar refractivity (Wildman–Crippen MR) is 73.4 cm³/mol. The van der Waals surface area contributed by atoms with E-state index < -0.39 is 0 Å². The van der Waals surface area contributed by atoms with Crippen molar-refractivity contribution in [3.05, 3.63) is 47.9 Å². The maximum absolute atomic E-state index is 12.4. The Hall–Kier alpha value is -2.17. The summed E-state index contributed by atoms with van der Waals surface area (Å²) in [4.78, 5) is 22.4. The number of carbonyl (C=O) groups is 1. The highest BCUT2D eigenvalue weighted by Crippen LogP contribution is 2.27. The van der Waals surface area contributed by atoms with Gasteiger partial charge in [-0.1, -0.05) is 0 Å². The molecule has 2 aromatic heterocycles. The van der Waals surface area contributed by atoms with E-state index in [1.54, 1.807) is 19.3 Å². The van der Waals surface area contributed by atoms with Crippen molar-refractivity contribution in [2.45, 2.75) is 25.7 Å². The molecule has 0 saturated carbocycles. The van der Waals surface area contributed by atoms with Gasteiger partial charge >= 0.3 is 0 Å². The van der Waals surface area contributed by atoms with E-state index in [0.717, 1.165) is 25.9 Å². The summed E-state index contributed by atoms with van der Waals surface area (Å²) in [5.41, 5.74) is 1.65. The van der Waals surface area contributed by atoms with Crippen LogP contribution in [0.2, 0.25) is 0 Å². The molecule has 0 bridgehead atoms. The summed E-state index contributed by atoms with van der Waals surface area (Å²) in [5, 5.41) is 0. The Kier molecular flexibility index (Phi) is 3.50. The number of likely N-dealkylation sites (tertiary alicyclic amines) is 1. The fourth-order valence-corrected chi connectivity index (χ4v) is 2.69. The molecule has 5 nitrogen and oxygen atoms in total. The third-order valence-electron chi connectivity index (χ3n) is 3.72. The number of rotatable bonds is 2. The van der Waals surface area contributed by atoms with Crippen LogP contribution in [-0.2, 0) is 0 Å². The first kappa shape index (κ1) is 12.8. The van der Waals surface area contributed by atoms with Gasteiger partial charge in [-0.2, -0.15) is 0 Å². The Morgan fingerprint density at radius 1 is 1.40 bits per heavy atom. The van der Waals surface area contributed by atoms with E-state index in [2.05, 4.69) is 9.97 Å². The van der Waals surface area contributed by atoms with Gasteiger partial charge in [-0.25, -0.2) is 4.98 Å². The van der Waals surface area contributed by atoms with E-state index in [9.17, 15) is 4.79 Å². The second-order valence-corrected chi connectivity index (χ2v) is 5.12. The molecule has 1 aliphatic rings. The van der Waals surface area contributed by atoms with Crippen LogP contribution in [-0.4, -0.2) is 33.9 Å². The molecule has 0 aromatic carbocycles. The maximum Gasteiger partial charge on any atom is 0.275 e. The van der Waals surface area contributed by atoms with Gasteiger partial charge in [0.1, 0.15) is 6.26 Å². The molecule has 1 saturated heterocycles. The fourth-order valence-electron chi connectivity index (χ4n) is 2.69. The topological polar surface area (TPSA) is 59.2 Å². The first-order valence-corrected chi connectivity index (χ1v) is 6.85. The van der Waals surface area contributed by atoms with Crippen molar-refractivity contribution in [2.75, 3.05) is 13.1 Å². The summed E-state index contributed by atoms with van der Waals surface area (Å²) in [6, 6.07) is 4.05. The average Bonchev–Trinajstić information content (AvgIpc) is 2.94. The summed E-state index contributed by atoms with van der Waals surface area (Å²) in [6.45, 7) is 3.26. The quantitative estimate of drug-likeness (QED) is 0.841. The zero-order valence-corrected chi connectivity index (χ0v) is 11.5. The molecule has 0 spiro atoms. The SMILES string of the molecule is Cc1nc(C(=O)N2CCC[C@H](c3ccncc3)C2)co1. The van der Waals surface area contributed by atoms with E-state index in [-0.39, 0.29) is 5.91 Å². The second kappa shape index (κ2) is 5.45. The highest BCUT2D eigenvalue weighted by Gasteiger charge is 2.26. The van der Waals surface area contributed by atoms with E-state index in [1.807, 2.05) is 17.0 Å². The van der Waals surface area contributed by atoms with Crippen LogP contribution in [0.15, 0.2) is 35.2 Å². The molecule has 20 heavy (non-hydrogen) atoms. The minimum Gasteiger partial charge on any atom is -0.448 e. The van der Waals surface area contributed by atoms with Gasteiger partial charge in [-0.3, -0.25) is 9.78 Å². The standard InChI is InChI=1S/C15H17N3O2/c1-11-17-14(10-20-11)15(19)18-8-2-3-13(9-18)12-4-6-16-7-5-12/h4-7,10,13H,2-3,8-9H2,1H3/t13-/m0/s1. The molecule has 2 aromatic rings. The average molecular weight is 271 g/mol. The van der Waals surface area contributed by atoms with Crippen LogP contribution < -0.4 is 0 Å². The van der Waals surface area contributed by atoms with Gasteiger partial charge in [0.15, 0.2) is 11.6 Å². The Bertz CT molecular complexity index is 594. The molecular weight excluding hydrogens is 254 g/mol. The zero-order valence-electron chi connectivity index (χ0n) is 11.5. The normalized spacial score (nSPS) is 19.1. The highest BCUT2D eigenvalue weighted by molar-refractivity contribution is 5.92. The van der Waals surface area contributed by atoms with Crippen molar-refractivity contribution in [3.63, 3.8) is 0 Å². The third kappa shape index (κ3) is 2.57.